The molecular formula is C12H22N2OS. The minimum absolute atomic E-state index is 0.284. The van der Waals surface area contributed by atoms with Gasteiger partial charge in [0.15, 0.2) is 5.11 Å². The lowest BCUT2D eigenvalue weighted by molar-refractivity contribution is -0.0483. The molecule has 1 aliphatic heterocycles. The summed E-state index contributed by atoms with van der Waals surface area (Å²) in [6, 6.07) is 0.612. The fourth-order valence-electron chi connectivity index (χ4n) is 2.68. The highest BCUT2D eigenvalue weighted by atomic mass is 32.1. The Balaban J connectivity index is 1.83. The molecule has 1 N–H and O–H groups in total. The van der Waals surface area contributed by atoms with E-state index in [2.05, 4.69) is 24.1 Å². The van der Waals surface area contributed by atoms with Crippen molar-refractivity contribution in [2.24, 2.45) is 0 Å². The minimum atomic E-state index is 0.284. The summed E-state index contributed by atoms with van der Waals surface area (Å²) in [5.41, 5.74) is 0. The molecule has 1 aliphatic carbocycles. The van der Waals surface area contributed by atoms with E-state index in [-0.39, 0.29) is 12.2 Å². The van der Waals surface area contributed by atoms with E-state index in [0.29, 0.717) is 6.04 Å². The molecular weight excluding hydrogens is 220 g/mol. The Kier molecular flexibility index (Phi) is 4.03. The maximum atomic E-state index is 5.71. The molecule has 2 atom stereocenters. The number of nitrogens with zero attached hydrogens (tertiary/aromatic N) is 1. The lowest BCUT2D eigenvalue weighted by Crippen LogP contribution is -2.53. The molecule has 0 spiro atoms. The monoisotopic (exact) mass is 242 g/mol. The van der Waals surface area contributed by atoms with Gasteiger partial charge in [-0.25, -0.2) is 0 Å². The Hall–Kier alpha value is -0.350. The molecule has 16 heavy (non-hydrogen) atoms. The summed E-state index contributed by atoms with van der Waals surface area (Å²) in [4.78, 5) is 2.26. The molecule has 2 rings (SSSR count). The zero-order valence-corrected chi connectivity index (χ0v) is 11.1. The number of nitrogens with one attached hydrogen (secondary N) is 1. The van der Waals surface area contributed by atoms with Crippen LogP contribution in [0.1, 0.15) is 39.5 Å². The highest BCUT2D eigenvalue weighted by molar-refractivity contribution is 7.80. The van der Waals surface area contributed by atoms with Crippen LogP contribution < -0.4 is 5.32 Å². The van der Waals surface area contributed by atoms with Crippen LogP contribution in [0.4, 0.5) is 0 Å². The molecule has 0 unspecified atom stereocenters. The molecule has 2 aliphatic rings. The lowest BCUT2D eigenvalue weighted by Gasteiger charge is -2.37. The Morgan fingerprint density at radius 1 is 1.19 bits per heavy atom. The standard InChI is InChI=1S/C12H22N2OS/c1-9-7-14(8-10(2)15-9)12(16)13-11-5-3-4-6-11/h9-11H,3-8H2,1-2H3,(H,13,16)/t9-,10-/m0/s1. The maximum Gasteiger partial charge on any atom is 0.169 e. The summed E-state index contributed by atoms with van der Waals surface area (Å²) in [5.74, 6) is 0. The number of thiocarbonyl (C=S) groups is 1. The van der Waals surface area contributed by atoms with Crippen LogP contribution in [0, 0.1) is 0 Å². The molecule has 3 nitrogen and oxygen atoms in total. The third-order valence-electron chi connectivity index (χ3n) is 3.39. The average molecular weight is 242 g/mol. The summed E-state index contributed by atoms with van der Waals surface area (Å²) in [6.45, 7) is 6.06. The van der Waals surface area contributed by atoms with Gasteiger partial charge in [0, 0.05) is 19.1 Å². The number of rotatable bonds is 1. The molecule has 0 radical (unpaired) electrons. The van der Waals surface area contributed by atoms with Crippen molar-refractivity contribution in [2.75, 3.05) is 13.1 Å². The van der Waals surface area contributed by atoms with E-state index in [1.807, 2.05) is 0 Å². The molecule has 1 heterocycles. The van der Waals surface area contributed by atoms with E-state index in [1.165, 1.54) is 25.7 Å². The first kappa shape index (κ1) is 12.1. The van der Waals surface area contributed by atoms with E-state index >= 15 is 0 Å². The average Bonchev–Trinajstić information content (AvgIpc) is 2.68. The fraction of sp³-hybridized carbons (Fsp3) is 0.917. The van der Waals surface area contributed by atoms with Gasteiger partial charge in [-0.05, 0) is 38.9 Å². The predicted molar refractivity (Wildman–Crippen MR) is 69.6 cm³/mol. The number of ether oxygens (including phenoxy) is 1. The second kappa shape index (κ2) is 5.32. The van der Waals surface area contributed by atoms with Crippen molar-refractivity contribution in [3.63, 3.8) is 0 Å². The van der Waals surface area contributed by atoms with E-state index in [9.17, 15) is 0 Å². The van der Waals surface area contributed by atoms with Crippen LogP contribution in [-0.4, -0.2) is 41.4 Å². The largest absolute Gasteiger partial charge is 0.372 e. The fourth-order valence-corrected chi connectivity index (χ4v) is 3.00. The van der Waals surface area contributed by atoms with Gasteiger partial charge in [-0.3, -0.25) is 0 Å². The molecule has 92 valence electrons. The molecule has 0 bridgehead atoms. The van der Waals surface area contributed by atoms with Gasteiger partial charge in [0.1, 0.15) is 0 Å². The van der Waals surface area contributed by atoms with Crippen LogP contribution >= 0.6 is 12.2 Å². The van der Waals surface area contributed by atoms with E-state index in [1.54, 1.807) is 0 Å². The Labute approximate surface area is 104 Å². The van der Waals surface area contributed by atoms with E-state index < -0.39 is 0 Å². The SMILES string of the molecule is C[C@H]1CN(C(=S)NC2CCCC2)C[C@H](C)O1. The van der Waals surface area contributed by atoms with Gasteiger partial charge in [-0.15, -0.1) is 0 Å². The van der Waals surface area contributed by atoms with Crippen LogP contribution in [0.25, 0.3) is 0 Å². The molecule has 1 saturated heterocycles. The zero-order valence-electron chi connectivity index (χ0n) is 10.2. The first-order valence-corrected chi connectivity index (χ1v) is 6.77. The third-order valence-corrected chi connectivity index (χ3v) is 3.77. The summed E-state index contributed by atoms with van der Waals surface area (Å²) >= 11 is 5.48. The quantitative estimate of drug-likeness (QED) is 0.710. The molecule has 0 aromatic rings. The molecule has 2 fully saturated rings. The van der Waals surface area contributed by atoms with Gasteiger partial charge in [0.2, 0.25) is 0 Å². The highest BCUT2D eigenvalue weighted by Gasteiger charge is 2.25. The topological polar surface area (TPSA) is 24.5 Å². The van der Waals surface area contributed by atoms with Crippen LogP contribution in [0.2, 0.25) is 0 Å². The van der Waals surface area contributed by atoms with Crippen molar-refractivity contribution in [1.82, 2.24) is 10.2 Å². The highest BCUT2D eigenvalue weighted by Crippen LogP contribution is 2.18. The van der Waals surface area contributed by atoms with E-state index in [4.69, 9.17) is 17.0 Å². The summed E-state index contributed by atoms with van der Waals surface area (Å²) in [6.07, 6.45) is 5.80. The number of morpholine rings is 1. The zero-order chi connectivity index (χ0) is 11.5. The first-order chi connectivity index (χ1) is 7.65. The number of hydrogen-bond donors (Lipinski definition) is 1. The summed E-state index contributed by atoms with van der Waals surface area (Å²) < 4.78 is 5.71. The van der Waals surface area contributed by atoms with Gasteiger partial charge < -0.3 is 15.0 Å². The van der Waals surface area contributed by atoms with Crippen molar-refractivity contribution in [1.29, 1.82) is 0 Å². The second-order valence-electron chi connectivity index (χ2n) is 5.09. The van der Waals surface area contributed by atoms with E-state index in [0.717, 1.165) is 18.2 Å². The Morgan fingerprint density at radius 2 is 1.75 bits per heavy atom. The Bertz CT molecular complexity index is 243. The summed E-state index contributed by atoms with van der Waals surface area (Å²) in [5, 5.41) is 4.42. The van der Waals surface area contributed by atoms with Gasteiger partial charge in [0.05, 0.1) is 12.2 Å². The van der Waals surface area contributed by atoms with Crippen molar-refractivity contribution in [3.8, 4) is 0 Å². The summed E-state index contributed by atoms with van der Waals surface area (Å²) in [7, 11) is 0. The van der Waals surface area contributed by atoms with Crippen molar-refractivity contribution >= 4 is 17.3 Å². The maximum absolute atomic E-state index is 5.71. The normalized spacial score (nSPS) is 31.8. The molecule has 4 heteroatoms. The lowest BCUT2D eigenvalue weighted by atomic mass is 10.2. The first-order valence-electron chi connectivity index (χ1n) is 6.36. The van der Waals surface area contributed by atoms with Gasteiger partial charge in [-0.1, -0.05) is 12.8 Å². The van der Waals surface area contributed by atoms with Crippen molar-refractivity contribution < 1.29 is 4.74 Å². The van der Waals surface area contributed by atoms with Gasteiger partial charge >= 0.3 is 0 Å². The van der Waals surface area contributed by atoms with Crippen LogP contribution in [0.15, 0.2) is 0 Å². The molecule has 0 aromatic carbocycles. The van der Waals surface area contributed by atoms with Crippen molar-refractivity contribution in [2.45, 2.75) is 57.8 Å². The molecule has 1 saturated carbocycles. The molecule has 0 aromatic heterocycles. The van der Waals surface area contributed by atoms with Crippen LogP contribution in [0.5, 0.6) is 0 Å². The third kappa shape index (κ3) is 3.08. The smallest absolute Gasteiger partial charge is 0.169 e. The van der Waals surface area contributed by atoms with Gasteiger partial charge in [0.25, 0.3) is 0 Å². The van der Waals surface area contributed by atoms with Crippen LogP contribution in [0.3, 0.4) is 0 Å². The molecule has 0 amide bonds. The predicted octanol–water partition coefficient (Wildman–Crippen LogP) is 1.91. The minimum Gasteiger partial charge on any atom is -0.372 e. The van der Waals surface area contributed by atoms with Crippen LogP contribution in [-0.2, 0) is 4.74 Å². The van der Waals surface area contributed by atoms with Crippen molar-refractivity contribution in [3.05, 3.63) is 0 Å². The Morgan fingerprint density at radius 3 is 2.31 bits per heavy atom. The number of hydrogen-bond acceptors (Lipinski definition) is 2. The second-order valence-corrected chi connectivity index (χ2v) is 5.48. The van der Waals surface area contributed by atoms with Gasteiger partial charge in [-0.2, -0.15) is 0 Å².